The Hall–Kier alpha value is -3.01. The van der Waals surface area contributed by atoms with Gasteiger partial charge in [0.2, 0.25) is 6.79 Å². The van der Waals surface area contributed by atoms with Gasteiger partial charge in [-0.15, -0.1) is 0 Å². The predicted molar refractivity (Wildman–Crippen MR) is 122 cm³/mol. The second kappa shape index (κ2) is 10.7. The van der Waals surface area contributed by atoms with Gasteiger partial charge in [-0.2, -0.15) is 0 Å². The first kappa shape index (κ1) is 23.2. The van der Waals surface area contributed by atoms with E-state index in [1.54, 1.807) is 42.5 Å². The quantitative estimate of drug-likeness (QED) is 0.489. The van der Waals surface area contributed by atoms with Crippen LogP contribution in [0.1, 0.15) is 29.6 Å². The van der Waals surface area contributed by atoms with Crippen LogP contribution in [-0.2, 0) is 4.74 Å². The Morgan fingerprint density at radius 1 is 1.06 bits per heavy atom. The van der Waals surface area contributed by atoms with Crippen molar-refractivity contribution < 1.29 is 28.9 Å². The van der Waals surface area contributed by atoms with Crippen molar-refractivity contribution in [1.29, 1.82) is 0 Å². The molecular formula is C23H26ClN3O6. The lowest BCUT2D eigenvalue weighted by Gasteiger charge is -2.36. The van der Waals surface area contributed by atoms with Gasteiger partial charge < -0.3 is 35.3 Å². The summed E-state index contributed by atoms with van der Waals surface area (Å²) in [7, 11) is 0. The second-order valence-corrected chi connectivity index (χ2v) is 8.32. The van der Waals surface area contributed by atoms with Crippen LogP contribution in [0.15, 0.2) is 42.5 Å². The number of fused-ring (bicyclic) bond motifs is 1. The lowest BCUT2D eigenvalue weighted by Crippen LogP contribution is -2.51. The number of aliphatic hydroxyl groups is 1. The molecule has 3 atom stereocenters. The van der Waals surface area contributed by atoms with Crippen molar-refractivity contribution in [3.05, 3.63) is 53.1 Å². The van der Waals surface area contributed by atoms with Gasteiger partial charge in [-0.05, 0) is 61.7 Å². The molecule has 10 heteroatoms. The van der Waals surface area contributed by atoms with Gasteiger partial charge in [0.25, 0.3) is 5.91 Å². The Kier molecular flexibility index (Phi) is 7.54. The Labute approximate surface area is 196 Å². The van der Waals surface area contributed by atoms with Crippen molar-refractivity contribution in [3.63, 3.8) is 0 Å². The van der Waals surface area contributed by atoms with E-state index in [1.165, 1.54) is 0 Å². The molecule has 0 saturated carbocycles. The molecule has 2 aliphatic rings. The van der Waals surface area contributed by atoms with Crippen molar-refractivity contribution in [2.45, 2.75) is 37.5 Å². The van der Waals surface area contributed by atoms with E-state index in [9.17, 15) is 14.7 Å². The molecule has 0 spiro atoms. The number of carbonyl (C=O) groups is 2. The summed E-state index contributed by atoms with van der Waals surface area (Å²) >= 11 is 5.84. The molecule has 2 heterocycles. The molecule has 0 radical (unpaired) electrons. The molecule has 4 rings (SSSR count). The first-order chi connectivity index (χ1) is 16.0. The molecule has 2 aromatic carbocycles. The number of urea groups is 1. The fourth-order valence-corrected chi connectivity index (χ4v) is 3.98. The molecule has 2 aromatic rings. The number of amides is 3. The Morgan fingerprint density at radius 2 is 1.85 bits per heavy atom. The number of carbonyl (C=O) groups excluding carboxylic acids is 2. The van der Waals surface area contributed by atoms with Gasteiger partial charge in [-0.1, -0.05) is 11.6 Å². The Morgan fingerprint density at radius 3 is 2.64 bits per heavy atom. The number of nitrogens with one attached hydrogen (secondary N) is 3. The van der Waals surface area contributed by atoms with Crippen LogP contribution in [0.4, 0.5) is 10.5 Å². The van der Waals surface area contributed by atoms with E-state index in [1.807, 2.05) is 0 Å². The zero-order valence-electron chi connectivity index (χ0n) is 17.9. The van der Waals surface area contributed by atoms with Crippen LogP contribution in [0.5, 0.6) is 11.5 Å². The highest BCUT2D eigenvalue weighted by Crippen LogP contribution is 2.32. The third-order valence-corrected chi connectivity index (χ3v) is 5.85. The molecular weight excluding hydrogens is 450 g/mol. The molecule has 0 aromatic heterocycles. The number of benzene rings is 2. The molecule has 1 fully saturated rings. The summed E-state index contributed by atoms with van der Waals surface area (Å²) in [5, 5.41) is 18.9. The molecule has 3 amide bonds. The summed E-state index contributed by atoms with van der Waals surface area (Å²) in [5.74, 6) is 0.882. The fourth-order valence-electron chi connectivity index (χ4n) is 3.85. The minimum absolute atomic E-state index is 0.128. The van der Waals surface area contributed by atoms with Crippen LogP contribution in [0.2, 0.25) is 5.02 Å². The largest absolute Gasteiger partial charge is 0.454 e. The zero-order chi connectivity index (χ0) is 23.2. The van der Waals surface area contributed by atoms with Crippen LogP contribution < -0.4 is 25.4 Å². The van der Waals surface area contributed by atoms with E-state index in [0.29, 0.717) is 53.6 Å². The third kappa shape index (κ3) is 6.07. The number of hydrogen-bond acceptors (Lipinski definition) is 6. The number of ether oxygens (including phenoxy) is 3. The van der Waals surface area contributed by atoms with Crippen LogP contribution in [-0.4, -0.2) is 55.2 Å². The van der Waals surface area contributed by atoms with Gasteiger partial charge in [0.05, 0.1) is 18.8 Å². The standard InChI is InChI=1S/C23H26ClN3O6/c24-15-2-4-16(5-3-15)26-23(30)25-10-9-17-6-7-18(21(12-28)33-17)27-22(29)14-1-8-19-20(11-14)32-13-31-19/h1-5,8,11,17-18,21,28H,6-7,9-10,12-13H2,(H,27,29)(H2,25,26,30)/t17-,18+,21-/m1/s1. The normalized spacial score (nSPS) is 21.3. The summed E-state index contributed by atoms with van der Waals surface area (Å²) in [6, 6.07) is 11.2. The number of halogens is 1. The minimum atomic E-state index is -0.524. The van der Waals surface area contributed by atoms with Crippen LogP contribution in [0, 0.1) is 0 Å². The molecule has 33 heavy (non-hydrogen) atoms. The zero-order valence-corrected chi connectivity index (χ0v) is 18.6. The maximum absolute atomic E-state index is 12.7. The van der Waals surface area contributed by atoms with Gasteiger partial charge in [0.15, 0.2) is 11.5 Å². The first-order valence-electron chi connectivity index (χ1n) is 10.8. The van der Waals surface area contributed by atoms with Gasteiger partial charge in [0.1, 0.15) is 6.10 Å². The monoisotopic (exact) mass is 475 g/mol. The van der Waals surface area contributed by atoms with Crippen molar-refractivity contribution in [1.82, 2.24) is 10.6 Å². The van der Waals surface area contributed by atoms with E-state index in [2.05, 4.69) is 16.0 Å². The molecule has 1 saturated heterocycles. The number of rotatable bonds is 7. The van der Waals surface area contributed by atoms with Crippen LogP contribution in [0.3, 0.4) is 0 Å². The van der Waals surface area contributed by atoms with Crippen LogP contribution >= 0.6 is 11.6 Å². The Balaban J connectivity index is 1.21. The summed E-state index contributed by atoms with van der Waals surface area (Å²) in [6.45, 7) is 0.339. The fraction of sp³-hybridized carbons (Fsp3) is 0.391. The second-order valence-electron chi connectivity index (χ2n) is 7.88. The first-order valence-corrected chi connectivity index (χ1v) is 11.2. The molecule has 0 aliphatic carbocycles. The van der Waals surface area contributed by atoms with Gasteiger partial charge in [-0.3, -0.25) is 4.79 Å². The average molecular weight is 476 g/mol. The summed E-state index contributed by atoms with van der Waals surface area (Å²) in [4.78, 5) is 24.7. The number of hydrogen-bond donors (Lipinski definition) is 4. The predicted octanol–water partition coefficient (Wildman–Crippen LogP) is 2.92. The summed E-state index contributed by atoms with van der Waals surface area (Å²) < 4.78 is 16.6. The van der Waals surface area contributed by atoms with Gasteiger partial charge in [-0.25, -0.2) is 4.79 Å². The summed E-state index contributed by atoms with van der Waals surface area (Å²) in [6.07, 6.45) is 1.29. The van der Waals surface area contributed by atoms with Crippen molar-refractivity contribution in [2.75, 3.05) is 25.3 Å². The van der Waals surface area contributed by atoms with E-state index in [0.717, 1.165) is 0 Å². The van der Waals surface area contributed by atoms with Crippen molar-refractivity contribution >= 4 is 29.2 Å². The SMILES string of the molecule is O=C(NCC[C@H]1CC[C@H](NC(=O)c2ccc3c(c2)OCO3)[C@@H](CO)O1)Nc1ccc(Cl)cc1. The average Bonchev–Trinajstić information content (AvgIpc) is 3.29. The molecule has 176 valence electrons. The molecule has 2 aliphatic heterocycles. The lowest BCUT2D eigenvalue weighted by atomic mass is 9.96. The molecule has 4 N–H and O–H groups in total. The highest BCUT2D eigenvalue weighted by Gasteiger charge is 2.32. The number of anilines is 1. The molecule has 9 nitrogen and oxygen atoms in total. The minimum Gasteiger partial charge on any atom is -0.454 e. The molecule has 0 bridgehead atoms. The van der Waals surface area contributed by atoms with E-state index < -0.39 is 6.10 Å². The van der Waals surface area contributed by atoms with Gasteiger partial charge in [0, 0.05) is 22.8 Å². The summed E-state index contributed by atoms with van der Waals surface area (Å²) in [5.41, 5.74) is 1.10. The van der Waals surface area contributed by atoms with Crippen molar-refractivity contribution in [2.24, 2.45) is 0 Å². The number of aliphatic hydroxyl groups excluding tert-OH is 1. The van der Waals surface area contributed by atoms with Crippen LogP contribution in [0.25, 0.3) is 0 Å². The molecule has 0 unspecified atom stereocenters. The Bertz CT molecular complexity index is 987. The van der Waals surface area contributed by atoms with E-state index in [-0.39, 0.29) is 37.5 Å². The lowest BCUT2D eigenvalue weighted by molar-refractivity contribution is -0.0892. The maximum atomic E-state index is 12.7. The van der Waals surface area contributed by atoms with Gasteiger partial charge >= 0.3 is 6.03 Å². The van der Waals surface area contributed by atoms with E-state index >= 15 is 0 Å². The topological polar surface area (TPSA) is 118 Å². The highest BCUT2D eigenvalue weighted by molar-refractivity contribution is 6.30. The van der Waals surface area contributed by atoms with E-state index in [4.69, 9.17) is 25.8 Å². The maximum Gasteiger partial charge on any atom is 0.319 e. The third-order valence-electron chi connectivity index (χ3n) is 5.60. The highest BCUT2D eigenvalue weighted by atomic mass is 35.5. The smallest absolute Gasteiger partial charge is 0.319 e. The van der Waals surface area contributed by atoms with Crippen molar-refractivity contribution in [3.8, 4) is 11.5 Å².